The van der Waals surface area contributed by atoms with Crippen LogP contribution in [0, 0.1) is 0 Å². The Labute approximate surface area is 440 Å². The number of carbonyl (C=O) groups excluding carboxylic acids is 1. The molecule has 2 aliphatic rings. The van der Waals surface area contributed by atoms with E-state index in [1.165, 1.54) is 83.5 Å². The van der Waals surface area contributed by atoms with Gasteiger partial charge in [0, 0.05) is 13.0 Å². The first kappa shape index (κ1) is 66.5. The maximum atomic E-state index is 13.1. The molecule has 0 amide bonds. The maximum absolute atomic E-state index is 13.1. The van der Waals surface area contributed by atoms with Crippen LogP contribution in [-0.4, -0.2) is 142 Å². The van der Waals surface area contributed by atoms with Gasteiger partial charge in [-0.1, -0.05) is 177 Å². The van der Waals surface area contributed by atoms with Crippen LogP contribution in [0.2, 0.25) is 0 Å². The summed E-state index contributed by atoms with van der Waals surface area (Å²) in [4.78, 5) is 13.1. The summed E-state index contributed by atoms with van der Waals surface area (Å²) in [6.45, 7) is 3.51. The zero-order chi connectivity index (χ0) is 53.0. The van der Waals surface area contributed by atoms with E-state index >= 15 is 0 Å². The van der Waals surface area contributed by atoms with Crippen molar-refractivity contribution in [1.29, 1.82) is 0 Å². The standard InChI is InChI=1S/C59H102O14/c1-3-5-7-9-11-13-15-17-19-21-23-25-27-29-31-33-35-37-39-41-43-68-45-48(71-51(61)42-40-38-36-34-32-30-28-26-24-22-20-18-16-14-12-10-8-6-4-2)46-69-58-57(67)55(65)53(63)50(73-58)47-70-59-56(66)54(64)52(62)49(44-60)72-59/h5,7,11,13,17-20,23,25,29,31,48-50,52-60,62-67H,3-4,6,8-10,12,14-16,21-22,24,26-28,30,32-47H2,1-2H3/b7-5-,13-11-,19-17-,20-18-,25-23-,31-29-. The van der Waals surface area contributed by atoms with Crippen LogP contribution < -0.4 is 0 Å². The number of esters is 1. The number of hydrogen-bond acceptors (Lipinski definition) is 14. The van der Waals surface area contributed by atoms with Crippen molar-refractivity contribution in [1.82, 2.24) is 0 Å². The third-order valence-corrected chi connectivity index (χ3v) is 13.2. The molecule has 0 aromatic heterocycles. The molecule has 73 heavy (non-hydrogen) atoms. The van der Waals surface area contributed by atoms with Gasteiger partial charge in [0.2, 0.25) is 0 Å². The number of unbranched alkanes of at least 4 members (excludes halogenated alkanes) is 19. The van der Waals surface area contributed by atoms with Crippen LogP contribution in [0.4, 0.5) is 0 Å². The molecule has 14 nitrogen and oxygen atoms in total. The number of hydrogen-bond donors (Lipinski definition) is 7. The fourth-order valence-electron chi connectivity index (χ4n) is 8.60. The number of carbonyl (C=O) groups is 1. The summed E-state index contributed by atoms with van der Waals surface area (Å²) in [5, 5.41) is 72.3. The summed E-state index contributed by atoms with van der Waals surface area (Å²) >= 11 is 0. The van der Waals surface area contributed by atoms with Gasteiger partial charge in [0.15, 0.2) is 12.6 Å². The second kappa shape index (κ2) is 45.6. The van der Waals surface area contributed by atoms with Crippen molar-refractivity contribution >= 4 is 5.97 Å². The predicted octanol–water partition coefficient (Wildman–Crippen LogP) is 9.86. The monoisotopic (exact) mass is 1030 g/mol. The van der Waals surface area contributed by atoms with Crippen molar-refractivity contribution in [2.75, 3.05) is 33.0 Å². The minimum atomic E-state index is -1.72. The molecule has 2 heterocycles. The van der Waals surface area contributed by atoms with Crippen molar-refractivity contribution in [2.45, 2.75) is 261 Å². The number of aliphatic hydroxyl groups excluding tert-OH is 7. The van der Waals surface area contributed by atoms with Crippen LogP contribution in [0.1, 0.15) is 194 Å². The Morgan fingerprint density at radius 2 is 0.890 bits per heavy atom. The molecular formula is C59H102O14. The lowest BCUT2D eigenvalue weighted by Crippen LogP contribution is -2.61. The molecule has 14 heteroatoms. The maximum Gasteiger partial charge on any atom is 0.306 e. The normalized spacial score (nSPS) is 25.5. The molecule has 0 spiro atoms. The van der Waals surface area contributed by atoms with Gasteiger partial charge in [-0.2, -0.15) is 0 Å². The third kappa shape index (κ3) is 32.6. The van der Waals surface area contributed by atoms with Crippen LogP contribution in [0.25, 0.3) is 0 Å². The van der Waals surface area contributed by atoms with Crippen molar-refractivity contribution in [3.05, 3.63) is 72.9 Å². The van der Waals surface area contributed by atoms with Crippen LogP contribution in [0.5, 0.6) is 0 Å². The molecular weight excluding hydrogens is 933 g/mol. The first-order chi connectivity index (χ1) is 35.6. The van der Waals surface area contributed by atoms with E-state index in [4.69, 9.17) is 28.4 Å². The Balaban J connectivity index is 1.75. The van der Waals surface area contributed by atoms with E-state index in [1.54, 1.807) is 0 Å². The van der Waals surface area contributed by atoms with Gasteiger partial charge in [-0.3, -0.25) is 4.79 Å². The summed E-state index contributed by atoms with van der Waals surface area (Å²) < 4.78 is 34.3. The lowest BCUT2D eigenvalue weighted by atomic mass is 9.98. The predicted molar refractivity (Wildman–Crippen MR) is 289 cm³/mol. The summed E-state index contributed by atoms with van der Waals surface area (Å²) in [7, 11) is 0. The van der Waals surface area contributed by atoms with Gasteiger partial charge < -0.3 is 64.2 Å². The highest BCUT2D eigenvalue weighted by Crippen LogP contribution is 2.26. The Hall–Kier alpha value is -2.57. The smallest absolute Gasteiger partial charge is 0.306 e. The quantitative estimate of drug-likeness (QED) is 0.0172. The van der Waals surface area contributed by atoms with E-state index in [9.17, 15) is 40.5 Å². The third-order valence-electron chi connectivity index (χ3n) is 13.2. The lowest BCUT2D eigenvalue weighted by molar-refractivity contribution is -0.332. The molecule has 11 atom stereocenters. The summed E-state index contributed by atoms with van der Waals surface area (Å²) in [5.41, 5.74) is 0. The molecule has 2 fully saturated rings. The first-order valence-corrected chi connectivity index (χ1v) is 28.5. The molecule has 7 N–H and O–H groups in total. The molecule has 0 aromatic rings. The number of ether oxygens (including phenoxy) is 6. The van der Waals surface area contributed by atoms with Gasteiger partial charge in [-0.25, -0.2) is 0 Å². The van der Waals surface area contributed by atoms with E-state index in [0.717, 1.165) is 83.5 Å². The van der Waals surface area contributed by atoms with Gasteiger partial charge >= 0.3 is 5.97 Å². The topological polar surface area (TPSA) is 214 Å². The van der Waals surface area contributed by atoms with Crippen molar-refractivity contribution in [3.63, 3.8) is 0 Å². The molecule has 2 saturated heterocycles. The van der Waals surface area contributed by atoms with E-state index in [0.29, 0.717) is 13.0 Å². The summed E-state index contributed by atoms with van der Waals surface area (Å²) in [6.07, 6.45) is 41.0. The van der Waals surface area contributed by atoms with Crippen LogP contribution in [-0.2, 0) is 33.2 Å². The Kier molecular flexibility index (Phi) is 41.6. The fourth-order valence-corrected chi connectivity index (χ4v) is 8.60. The summed E-state index contributed by atoms with van der Waals surface area (Å²) in [6, 6.07) is 0. The highest BCUT2D eigenvalue weighted by molar-refractivity contribution is 5.69. The Bertz CT molecular complexity index is 1480. The largest absolute Gasteiger partial charge is 0.457 e. The zero-order valence-electron chi connectivity index (χ0n) is 45.1. The van der Waals surface area contributed by atoms with E-state index in [-0.39, 0.29) is 25.6 Å². The van der Waals surface area contributed by atoms with Crippen LogP contribution >= 0.6 is 0 Å². The van der Waals surface area contributed by atoms with Gasteiger partial charge in [0.05, 0.1) is 26.4 Å². The van der Waals surface area contributed by atoms with Gasteiger partial charge in [-0.05, 0) is 83.5 Å². The summed E-state index contributed by atoms with van der Waals surface area (Å²) in [5.74, 6) is -0.389. The molecule has 0 bridgehead atoms. The lowest BCUT2D eigenvalue weighted by Gasteiger charge is -2.42. The van der Waals surface area contributed by atoms with E-state index in [1.807, 2.05) is 0 Å². The minimum Gasteiger partial charge on any atom is -0.457 e. The second-order valence-corrected chi connectivity index (χ2v) is 19.7. The number of rotatable bonds is 45. The molecule has 0 saturated carbocycles. The molecule has 0 aromatic carbocycles. The molecule has 422 valence electrons. The van der Waals surface area contributed by atoms with Gasteiger partial charge in [0.1, 0.15) is 54.9 Å². The second-order valence-electron chi connectivity index (χ2n) is 19.7. The van der Waals surface area contributed by atoms with Gasteiger partial charge in [0.25, 0.3) is 0 Å². The first-order valence-electron chi connectivity index (χ1n) is 28.5. The van der Waals surface area contributed by atoms with Crippen LogP contribution in [0.3, 0.4) is 0 Å². The number of aliphatic hydroxyl groups is 7. The van der Waals surface area contributed by atoms with Crippen LogP contribution in [0.15, 0.2) is 72.9 Å². The molecule has 2 aliphatic heterocycles. The molecule has 0 aliphatic carbocycles. The highest BCUT2D eigenvalue weighted by atomic mass is 16.7. The Morgan fingerprint density at radius 1 is 0.466 bits per heavy atom. The Morgan fingerprint density at radius 3 is 1.41 bits per heavy atom. The molecule has 0 radical (unpaired) electrons. The van der Waals surface area contributed by atoms with Crippen molar-refractivity contribution in [3.8, 4) is 0 Å². The van der Waals surface area contributed by atoms with Crippen molar-refractivity contribution < 1.29 is 69.0 Å². The van der Waals surface area contributed by atoms with E-state index < -0.39 is 80.7 Å². The minimum absolute atomic E-state index is 0.0406. The average molecular weight is 1040 g/mol. The molecule has 11 unspecified atom stereocenters. The average Bonchev–Trinajstić information content (AvgIpc) is 3.39. The van der Waals surface area contributed by atoms with Crippen molar-refractivity contribution in [2.24, 2.45) is 0 Å². The SMILES string of the molecule is CC/C=C\C/C=C\C/C=C\C/C=C\C/C=C\CCCCCCOCC(COC1OC(COC2OC(CO)C(O)C(O)C2O)C(O)C(O)C1O)OC(=O)CCCCCCCCCCC/C=C\CCCCCCCC. The number of allylic oxidation sites excluding steroid dienone is 12. The van der Waals surface area contributed by atoms with Gasteiger partial charge in [-0.15, -0.1) is 0 Å². The zero-order valence-corrected chi connectivity index (χ0v) is 45.1. The molecule has 2 rings (SSSR count). The highest BCUT2D eigenvalue weighted by Gasteiger charge is 2.47. The fraction of sp³-hybridized carbons (Fsp3) is 0.780. The van der Waals surface area contributed by atoms with E-state index in [2.05, 4.69) is 86.8 Å².